The monoisotopic (exact) mass is 437 g/mol. The number of piperidine rings is 1. The second-order valence-corrected chi connectivity index (χ2v) is 7.15. The highest BCUT2D eigenvalue weighted by Gasteiger charge is 2.25. The van der Waals surface area contributed by atoms with Crippen LogP contribution in [0.25, 0.3) is 0 Å². The van der Waals surface area contributed by atoms with Gasteiger partial charge in [-0.15, -0.1) is 0 Å². The minimum absolute atomic E-state index is 0.0950. The zero-order chi connectivity index (χ0) is 17.1. The van der Waals surface area contributed by atoms with E-state index in [1.807, 2.05) is 49.1 Å². The number of aryl methyl sites for hydroxylation is 2. The van der Waals surface area contributed by atoms with E-state index in [2.05, 4.69) is 32.6 Å². The van der Waals surface area contributed by atoms with E-state index in [9.17, 15) is 4.79 Å². The van der Waals surface area contributed by atoms with E-state index in [-0.39, 0.29) is 12.0 Å². The van der Waals surface area contributed by atoms with E-state index in [1.54, 1.807) is 0 Å². The number of carbonyl (C=O) groups excluding carboxylic acids is 1. The molecule has 6 heteroatoms. The van der Waals surface area contributed by atoms with Crippen molar-refractivity contribution >= 4 is 28.5 Å². The van der Waals surface area contributed by atoms with Crippen LogP contribution >= 0.6 is 22.6 Å². The van der Waals surface area contributed by atoms with Gasteiger partial charge in [0.25, 0.3) is 5.91 Å². The summed E-state index contributed by atoms with van der Waals surface area (Å²) < 4.78 is 6.98. The van der Waals surface area contributed by atoms with Crippen molar-refractivity contribution < 1.29 is 9.53 Å². The highest BCUT2D eigenvalue weighted by Crippen LogP contribution is 2.21. The van der Waals surface area contributed by atoms with Crippen LogP contribution in [0.1, 0.15) is 34.7 Å². The summed E-state index contributed by atoms with van der Waals surface area (Å²) in [7, 11) is 0. The Hall–Kier alpha value is -1.70. The molecular formula is C18H20IN3O2. The van der Waals surface area contributed by atoms with Gasteiger partial charge in [-0.2, -0.15) is 4.98 Å². The summed E-state index contributed by atoms with van der Waals surface area (Å²) in [6, 6.07) is 9.56. The van der Waals surface area contributed by atoms with Crippen molar-refractivity contribution in [1.29, 1.82) is 0 Å². The fraction of sp³-hybridized carbons (Fsp3) is 0.389. The van der Waals surface area contributed by atoms with Crippen molar-refractivity contribution in [2.24, 2.45) is 0 Å². The van der Waals surface area contributed by atoms with E-state index in [1.165, 1.54) is 0 Å². The van der Waals surface area contributed by atoms with E-state index in [0.717, 1.165) is 33.5 Å². The molecule has 1 aromatic carbocycles. The van der Waals surface area contributed by atoms with E-state index < -0.39 is 0 Å². The molecule has 1 amide bonds. The normalized spacial score (nSPS) is 15.4. The summed E-state index contributed by atoms with van der Waals surface area (Å²) in [5.41, 5.74) is 1.68. The van der Waals surface area contributed by atoms with Crippen LogP contribution in [0.15, 0.2) is 30.3 Å². The molecule has 0 radical (unpaired) electrons. The van der Waals surface area contributed by atoms with Gasteiger partial charge in [0.15, 0.2) is 0 Å². The van der Waals surface area contributed by atoms with Crippen molar-refractivity contribution in [3.63, 3.8) is 0 Å². The molecular weight excluding hydrogens is 417 g/mol. The molecule has 3 rings (SSSR count). The van der Waals surface area contributed by atoms with Gasteiger partial charge in [0.2, 0.25) is 5.88 Å². The highest BCUT2D eigenvalue weighted by molar-refractivity contribution is 14.1. The lowest BCUT2D eigenvalue weighted by Crippen LogP contribution is -2.42. The minimum Gasteiger partial charge on any atom is -0.474 e. The van der Waals surface area contributed by atoms with Crippen LogP contribution in [-0.2, 0) is 0 Å². The first-order valence-electron chi connectivity index (χ1n) is 8.05. The summed E-state index contributed by atoms with van der Waals surface area (Å²) in [4.78, 5) is 23.1. The van der Waals surface area contributed by atoms with Gasteiger partial charge in [0, 0.05) is 41.3 Å². The van der Waals surface area contributed by atoms with Gasteiger partial charge in [0.05, 0.1) is 5.56 Å². The first-order valence-corrected chi connectivity index (χ1v) is 9.13. The number of rotatable bonds is 3. The molecule has 2 heterocycles. The number of likely N-dealkylation sites (tertiary alicyclic amines) is 1. The Morgan fingerprint density at radius 2 is 1.92 bits per heavy atom. The highest BCUT2D eigenvalue weighted by atomic mass is 127. The molecule has 1 aliphatic rings. The Labute approximate surface area is 155 Å². The fourth-order valence-corrected chi connectivity index (χ4v) is 3.51. The molecule has 0 spiro atoms. The molecule has 0 N–H and O–H groups in total. The number of aromatic nitrogens is 2. The predicted molar refractivity (Wildman–Crippen MR) is 100 cm³/mol. The standard InChI is InChI=1S/C18H20IN3O2/c1-12-11-17(21-13(2)20-12)24-14-7-9-22(10-8-14)18(23)15-5-3-4-6-16(15)19/h3-6,11,14H,7-10H2,1-2H3. The summed E-state index contributed by atoms with van der Waals surface area (Å²) in [6.07, 6.45) is 1.73. The topological polar surface area (TPSA) is 55.3 Å². The van der Waals surface area contributed by atoms with Crippen molar-refractivity contribution in [2.45, 2.75) is 32.8 Å². The van der Waals surface area contributed by atoms with Gasteiger partial charge in [-0.25, -0.2) is 4.98 Å². The van der Waals surface area contributed by atoms with Crippen molar-refractivity contribution in [1.82, 2.24) is 14.9 Å². The van der Waals surface area contributed by atoms with E-state index in [0.29, 0.717) is 19.0 Å². The van der Waals surface area contributed by atoms with Gasteiger partial charge in [0.1, 0.15) is 11.9 Å². The average molecular weight is 437 g/mol. The number of ether oxygens (including phenoxy) is 1. The molecule has 2 aromatic rings. The lowest BCUT2D eigenvalue weighted by atomic mass is 10.1. The number of amides is 1. The molecule has 0 atom stereocenters. The summed E-state index contributed by atoms with van der Waals surface area (Å²) in [5, 5.41) is 0. The molecule has 1 aromatic heterocycles. The second-order valence-electron chi connectivity index (χ2n) is 5.98. The maximum absolute atomic E-state index is 12.6. The quantitative estimate of drug-likeness (QED) is 0.692. The summed E-state index contributed by atoms with van der Waals surface area (Å²) in [5.74, 6) is 1.45. The molecule has 0 unspecified atom stereocenters. The van der Waals surface area contributed by atoms with Crippen LogP contribution in [0.5, 0.6) is 5.88 Å². The van der Waals surface area contributed by atoms with Crippen LogP contribution in [0.3, 0.4) is 0 Å². The fourth-order valence-electron chi connectivity index (χ4n) is 2.90. The molecule has 1 saturated heterocycles. The van der Waals surface area contributed by atoms with Gasteiger partial charge in [-0.05, 0) is 48.6 Å². The minimum atomic E-state index is 0.0950. The summed E-state index contributed by atoms with van der Waals surface area (Å²) in [6.45, 7) is 5.21. The number of hydrogen-bond donors (Lipinski definition) is 0. The Morgan fingerprint density at radius 1 is 1.21 bits per heavy atom. The number of carbonyl (C=O) groups is 1. The second kappa shape index (κ2) is 7.46. The van der Waals surface area contributed by atoms with Crippen LogP contribution in [0.2, 0.25) is 0 Å². The average Bonchev–Trinajstić information content (AvgIpc) is 2.54. The largest absolute Gasteiger partial charge is 0.474 e. The van der Waals surface area contributed by atoms with Gasteiger partial charge in [-0.3, -0.25) is 4.79 Å². The zero-order valence-electron chi connectivity index (χ0n) is 13.8. The molecule has 24 heavy (non-hydrogen) atoms. The van der Waals surface area contributed by atoms with Gasteiger partial charge >= 0.3 is 0 Å². The number of nitrogens with zero attached hydrogens (tertiary/aromatic N) is 3. The third kappa shape index (κ3) is 4.03. The smallest absolute Gasteiger partial charge is 0.254 e. The Bertz CT molecular complexity index is 723. The Morgan fingerprint density at radius 3 is 2.58 bits per heavy atom. The molecule has 0 bridgehead atoms. The van der Waals surface area contributed by atoms with Gasteiger partial charge < -0.3 is 9.64 Å². The van der Waals surface area contributed by atoms with Crippen molar-refractivity contribution in [3.05, 3.63) is 51.0 Å². The lowest BCUT2D eigenvalue weighted by molar-refractivity contribution is 0.0586. The number of hydrogen-bond acceptors (Lipinski definition) is 4. The summed E-state index contributed by atoms with van der Waals surface area (Å²) >= 11 is 2.21. The van der Waals surface area contributed by atoms with E-state index >= 15 is 0 Å². The maximum Gasteiger partial charge on any atom is 0.254 e. The number of benzene rings is 1. The maximum atomic E-state index is 12.6. The first kappa shape index (κ1) is 17.1. The number of halogens is 1. The lowest BCUT2D eigenvalue weighted by Gasteiger charge is -2.32. The molecule has 1 aliphatic heterocycles. The molecule has 0 aliphatic carbocycles. The molecule has 0 saturated carbocycles. The first-order chi connectivity index (χ1) is 11.5. The van der Waals surface area contributed by atoms with Crippen molar-refractivity contribution in [3.8, 4) is 5.88 Å². The van der Waals surface area contributed by atoms with Crippen molar-refractivity contribution in [2.75, 3.05) is 13.1 Å². The predicted octanol–water partition coefficient (Wildman–Crippen LogP) is 3.38. The Kier molecular flexibility index (Phi) is 5.33. The Balaban J connectivity index is 1.59. The SMILES string of the molecule is Cc1cc(OC2CCN(C(=O)c3ccccc3I)CC2)nc(C)n1. The molecule has 5 nitrogen and oxygen atoms in total. The third-order valence-electron chi connectivity index (χ3n) is 4.06. The third-order valence-corrected chi connectivity index (χ3v) is 5.00. The van der Waals surface area contributed by atoms with Crippen LogP contribution < -0.4 is 4.74 Å². The van der Waals surface area contributed by atoms with Crippen LogP contribution in [0, 0.1) is 17.4 Å². The zero-order valence-corrected chi connectivity index (χ0v) is 16.0. The van der Waals surface area contributed by atoms with Crippen LogP contribution in [-0.4, -0.2) is 40.0 Å². The van der Waals surface area contributed by atoms with Gasteiger partial charge in [-0.1, -0.05) is 12.1 Å². The molecule has 126 valence electrons. The van der Waals surface area contributed by atoms with Crippen LogP contribution in [0.4, 0.5) is 0 Å². The molecule has 1 fully saturated rings. The van der Waals surface area contributed by atoms with E-state index in [4.69, 9.17) is 4.74 Å².